The van der Waals surface area contributed by atoms with E-state index in [0.717, 1.165) is 16.3 Å². The Morgan fingerprint density at radius 1 is 0.816 bits per heavy atom. The van der Waals surface area contributed by atoms with Gasteiger partial charge in [0, 0.05) is 0 Å². The maximum absolute atomic E-state index is 12.6. The molecule has 0 amide bonds. The number of rotatable bonds is 14. The van der Waals surface area contributed by atoms with Crippen molar-refractivity contribution in [2.75, 3.05) is 0 Å². The molecule has 0 bridgehead atoms. The molecule has 2 unspecified atom stereocenters. The lowest BCUT2D eigenvalue weighted by atomic mass is 10.2. The molecular weight excluding hydrogens is 632 g/mol. The highest BCUT2D eigenvalue weighted by atomic mass is 32.3. The van der Waals surface area contributed by atoms with E-state index < -0.39 is 73.5 Å². The number of benzene rings is 1. The van der Waals surface area contributed by atoms with E-state index in [1.54, 1.807) is 0 Å². The van der Waals surface area contributed by atoms with Crippen molar-refractivity contribution < 1.29 is 46.5 Å². The molecule has 1 aromatic carbocycles. The molecule has 0 fully saturated rings. The molecule has 0 radical (unpaired) electrons. The summed E-state index contributed by atoms with van der Waals surface area (Å²) in [5.74, 6) is 0. The minimum absolute atomic E-state index is 0.454. The Morgan fingerprint density at radius 2 is 1.29 bits per heavy atom. The van der Waals surface area contributed by atoms with E-state index in [-0.39, 0.29) is 0 Å². The third-order valence-corrected chi connectivity index (χ3v) is 24.5. The standard InChI is InChI=1S/C19H40F3NO8S2Si5/c1-34(28-37(8,9)30-35(2,3)4)29-38(10,31-36(5,6)7)16-15-17-11-13-18(14-12-17)32(24,25)23-33(26,27)19(20,21)22/h11-14,23,34H,15-16H2,1-10H3. The summed E-state index contributed by atoms with van der Waals surface area (Å²) < 4.78 is 111. The normalized spacial score (nSPS) is 16.8. The SMILES string of the molecule is C[SiH](O[Si](C)(C)O[Si](C)(C)C)O[Si](C)(CCc1ccc(S(=O)(=O)NS(=O)(=O)C(F)(F)F)cc1)O[Si](C)(C)C. The maximum atomic E-state index is 12.6. The second kappa shape index (κ2) is 12.3. The molecule has 0 aliphatic heterocycles. The van der Waals surface area contributed by atoms with Gasteiger partial charge in [-0.15, -0.1) is 0 Å². The van der Waals surface area contributed by atoms with E-state index >= 15 is 0 Å². The van der Waals surface area contributed by atoms with Crippen LogP contribution in [0, 0.1) is 0 Å². The van der Waals surface area contributed by atoms with Crippen molar-refractivity contribution in [1.82, 2.24) is 4.13 Å². The minimum atomic E-state index is -6.07. The summed E-state index contributed by atoms with van der Waals surface area (Å²) in [6, 6.07) is 5.50. The zero-order chi connectivity index (χ0) is 30.0. The first-order chi connectivity index (χ1) is 16.7. The summed E-state index contributed by atoms with van der Waals surface area (Å²) in [6.45, 7) is 20.4. The lowest BCUT2D eigenvalue weighted by Crippen LogP contribution is -2.54. The number of nitrogens with one attached hydrogen (secondary N) is 1. The number of alkyl halides is 3. The third-order valence-electron chi connectivity index (χ3n) is 4.56. The Hall–Kier alpha value is -0.206. The fraction of sp³-hybridized carbons (Fsp3) is 0.684. The van der Waals surface area contributed by atoms with Gasteiger partial charge >= 0.3 is 41.9 Å². The number of aryl methyl sites for hydroxylation is 1. The van der Waals surface area contributed by atoms with Crippen LogP contribution in [0.4, 0.5) is 13.2 Å². The highest BCUT2D eigenvalue weighted by Crippen LogP contribution is 2.26. The largest absolute Gasteiger partial charge is 0.512 e. The van der Waals surface area contributed by atoms with Gasteiger partial charge < -0.3 is 16.5 Å². The van der Waals surface area contributed by atoms with Gasteiger partial charge in [-0.1, -0.05) is 16.3 Å². The molecule has 0 aliphatic rings. The molecule has 19 heteroatoms. The van der Waals surface area contributed by atoms with Crippen molar-refractivity contribution in [1.29, 1.82) is 0 Å². The topological polar surface area (TPSA) is 117 Å². The lowest BCUT2D eigenvalue weighted by Gasteiger charge is -2.38. The van der Waals surface area contributed by atoms with E-state index in [9.17, 15) is 30.0 Å². The van der Waals surface area contributed by atoms with Crippen LogP contribution >= 0.6 is 0 Å². The fourth-order valence-corrected chi connectivity index (χ4v) is 26.8. The fourth-order valence-electron chi connectivity index (χ4n) is 3.76. The van der Waals surface area contributed by atoms with Crippen molar-refractivity contribution in [2.45, 2.75) is 88.3 Å². The zero-order valence-electron chi connectivity index (χ0n) is 23.5. The summed E-state index contributed by atoms with van der Waals surface area (Å²) in [5.41, 5.74) is -5.06. The van der Waals surface area contributed by atoms with Crippen LogP contribution in [0.5, 0.6) is 0 Å². The summed E-state index contributed by atoms with van der Waals surface area (Å²) >= 11 is 0. The van der Waals surface area contributed by atoms with Gasteiger partial charge in [0.05, 0.1) is 4.90 Å². The second-order valence-corrected chi connectivity index (χ2v) is 33.7. The molecule has 1 aromatic rings. The van der Waals surface area contributed by atoms with Gasteiger partial charge in [0.2, 0.25) is 0 Å². The first-order valence-electron chi connectivity index (χ1n) is 11.9. The Balaban J connectivity index is 3.02. The number of halogens is 3. The summed E-state index contributed by atoms with van der Waals surface area (Å²) in [6.07, 6.45) is 0.454. The molecule has 1 N–H and O–H groups in total. The van der Waals surface area contributed by atoms with Crippen LogP contribution in [0.1, 0.15) is 5.56 Å². The molecule has 0 aromatic heterocycles. The van der Waals surface area contributed by atoms with E-state index in [4.69, 9.17) is 16.5 Å². The smallest absolute Gasteiger partial charge is 0.437 e. The summed E-state index contributed by atoms with van der Waals surface area (Å²) in [5, 5.41) is 0. The molecule has 0 heterocycles. The average Bonchev–Trinajstić information content (AvgIpc) is 2.60. The Bertz CT molecular complexity index is 1150. The Morgan fingerprint density at radius 3 is 1.71 bits per heavy atom. The Kier molecular flexibility index (Phi) is 11.6. The molecule has 0 saturated carbocycles. The number of sulfonamides is 2. The van der Waals surface area contributed by atoms with Crippen LogP contribution in [0.25, 0.3) is 0 Å². The van der Waals surface area contributed by atoms with Gasteiger partial charge in [-0.05, 0) is 95.6 Å². The molecular formula is C19H40F3NO8S2Si5. The average molecular weight is 672 g/mol. The quantitative estimate of drug-likeness (QED) is 0.283. The van der Waals surface area contributed by atoms with E-state index in [1.807, 2.05) is 26.2 Å². The number of hydrogen-bond acceptors (Lipinski definition) is 8. The van der Waals surface area contributed by atoms with E-state index in [0.29, 0.717) is 18.0 Å². The van der Waals surface area contributed by atoms with E-state index in [1.165, 1.54) is 12.1 Å². The first-order valence-corrected chi connectivity index (χ1v) is 29.1. The van der Waals surface area contributed by atoms with Gasteiger partial charge in [0.25, 0.3) is 10.0 Å². The van der Waals surface area contributed by atoms with Crippen molar-refractivity contribution in [2.24, 2.45) is 0 Å². The molecule has 0 aliphatic carbocycles. The summed E-state index contributed by atoms with van der Waals surface area (Å²) in [7, 11) is -22.1. The van der Waals surface area contributed by atoms with Gasteiger partial charge in [0.15, 0.2) is 16.6 Å². The van der Waals surface area contributed by atoms with Gasteiger partial charge in [-0.25, -0.2) is 16.8 Å². The van der Waals surface area contributed by atoms with E-state index in [2.05, 4.69) is 39.3 Å². The highest BCUT2D eigenvalue weighted by molar-refractivity contribution is 8.05. The molecule has 38 heavy (non-hydrogen) atoms. The third kappa shape index (κ3) is 12.5. The van der Waals surface area contributed by atoms with Gasteiger partial charge in [-0.3, -0.25) is 0 Å². The second-order valence-electron chi connectivity index (χ2n) is 11.4. The molecule has 0 spiro atoms. The van der Waals surface area contributed by atoms with Crippen LogP contribution in [-0.4, -0.2) is 65.4 Å². The zero-order valence-corrected chi connectivity index (χ0v) is 30.3. The first kappa shape index (κ1) is 35.8. The van der Waals surface area contributed by atoms with Crippen molar-refractivity contribution in [3.8, 4) is 0 Å². The van der Waals surface area contributed by atoms with Crippen LogP contribution in [0.2, 0.25) is 71.5 Å². The predicted octanol–water partition coefficient (Wildman–Crippen LogP) is 4.72. The number of hydrogen-bond donors (Lipinski definition) is 1. The minimum Gasteiger partial charge on any atom is -0.437 e. The maximum Gasteiger partial charge on any atom is 0.512 e. The van der Waals surface area contributed by atoms with Crippen LogP contribution in [0.15, 0.2) is 29.2 Å². The molecule has 9 nitrogen and oxygen atoms in total. The molecule has 1 rings (SSSR count). The Labute approximate surface area is 231 Å². The molecule has 222 valence electrons. The van der Waals surface area contributed by atoms with Crippen LogP contribution < -0.4 is 4.13 Å². The van der Waals surface area contributed by atoms with Crippen molar-refractivity contribution in [3.05, 3.63) is 29.8 Å². The molecule has 0 saturated heterocycles. The molecule has 2 atom stereocenters. The van der Waals surface area contributed by atoms with Crippen LogP contribution in [-0.2, 0) is 42.9 Å². The lowest BCUT2D eigenvalue weighted by molar-refractivity contribution is -0.0441. The predicted molar refractivity (Wildman–Crippen MR) is 153 cm³/mol. The van der Waals surface area contributed by atoms with Crippen molar-refractivity contribution in [3.63, 3.8) is 0 Å². The van der Waals surface area contributed by atoms with Gasteiger partial charge in [-0.2, -0.15) is 13.2 Å². The highest BCUT2D eigenvalue weighted by Gasteiger charge is 2.48. The van der Waals surface area contributed by atoms with Crippen molar-refractivity contribution >= 4 is 63.1 Å². The van der Waals surface area contributed by atoms with Gasteiger partial charge in [0.1, 0.15) is 0 Å². The summed E-state index contributed by atoms with van der Waals surface area (Å²) in [4.78, 5) is -0.604. The monoisotopic (exact) mass is 671 g/mol. The van der Waals surface area contributed by atoms with Crippen LogP contribution in [0.3, 0.4) is 0 Å².